The molecule has 0 heterocycles. The van der Waals surface area contributed by atoms with E-state index in [9.17, 15) is 9.13 Å². The molecule has 8 heteroatoms. The largest absolute Gasteiger partial charge is 0.474 e. The zero-order chi connectivity index (χ0) is 8.41. The lowest BCUT2D eigenvalue weighted by molar-refractivity contribution is 0.287. The summed E-state index contributed by atoms with van der Waals surface area (Å²) in [6.45, 7) is 3.68. The van der Waals surface area contributed by atoms with Gasteiger partial charge in [0.25, 0.3) is 0 Å². The highest BCUT2D eigenvalue weighted by atomic mass is 31.3. The minimum absolute atomic E-state index is 1.13. The molecule has 0 saturated carbocycles. The Balaban J connectivity index is 4.17. The molecule has 0 aromatic heterocycles. The zero-order valence-corrected chi connectivity index (χ0v) is 7.38. The van der Waals surface area contributed by atoms with E-state index in [4.69, 9.17) is 9.79 Å². The molecule has 0 aliphatic carbocycles. The molecule has 10 heavy (non-hydrogen) atoms. The average Bonchev–Trinajstić information content (AvgIpc) is 1.60. The van der Waals surface area contributed by atoms with Gasteiger partial charge in [-0.3, -0.25) is 0 Å². The third kappa shape index (κ3) is 5.21. The van der Waals surface area contributed by atoms with E-state index in [2.05, 4.69) is 4.31 Å². The number of hydrogen-bond acceptors (Lipinski definition) is 3. The van der Waals surface area contributed by atoms with Crippen LogP contribution in [0.15, 0.2) is 0 Å². The Morgan fingerprint density at radius 3 is 1.90 bits per heavy atom. The molecule has 1 atom stereocenters. The van der Waals surface area contributed by atoms with Gasteiger partial charge in [0.2, 0.25) is 7.00 Å². The van der Waals surface area contributed by atoms with Crippen LogP contribution in [-0.4, -0.2) is 23.5 Å². The zero-order valence-electron chi connectivity index (χ0n) is 5.59. The second-order valence-corrected chi connectivity index (χ2v) is 5.71. The van der Waals surface area contributed by atoms with Crippen molar-refractivity contribution in [3.8, 4) is 0 Å². The summed E-state index contributed by atoms with van der Waals surface area (Å²) in [6, 6.07) is 0. The molecule has 0 aliphatic rings. The summed E-state index contributed by atoms with van der Waals surface area (Å²) >= 11 is 0. The first kappa shape index (κ1) is 10.4. The van der Waals surface area contributed by atoms with Crippen molar-refractivity contribution < 1.29 is 23.2 Å². The van der Waals surface area contributed by atoms with E-state index in [0.29, 0.717) is 0 Å². The molecule has 0 amide bonds. The van der Waals surface area contributed by atoms with Crippen molar-refractivity contribution in [1.29, 1.82) is 0 Å². The average molecular weight is 185 g/mol. The molecule has 1 radical (unpaired) electrons. The molecule has 0 aromatic carbocycles. The summed E-state index contributed by atoms with van der Waals surface area (Å²) in [5.41, 5.74) is 0. The summed E-state index contributed by atoms with van der Waals surface area (Å²) < 4.78 is 24.9. The molecule has 0 aromatic rings. The van der Waals surface area contributed by atoms with Gasteiger partial charge in [-0.1, -0.05) is 6.82 Å². The minimum atomic E-state index is -4.60. The van der Waals surface area contributed by atoms with Crippen molar-refractivity contribution in [2.24, 2.45) is 0 Å². The third-order valence-corrected chi connectivity index (χ3v) is 3.82. The fourth-order valence-electron chi connectivity index (χ4n) is 0.258. The summed E-state index contributed by atoms with van der Waals surface area (Å²) in [5.74, 6) is 0. The van der Waals surface area contributed by atoms with Crippen LogP contribution in [0.3, 0.4) is 0 Å². The number of rotatable bonds is 3. The van der Waals surface area contributed by atoms with Gasteiger partial charge in [-0.2, -0.15) is 0 Å². The van der Waals surface area contributed by atoms with Crippen LogP contribution in [0, 0.1) is 0 Å². The Labute approximate surface area is 59.7 Å². The van der Waals surface area contributed by atoms with Crippen LogP contribution in [0.2, 0.25) is 6.82 Å². The lowest BCUT2D eigenvalue weighted by Gasteiger charge is -2.10. The van der Waals surface area contributed by atoms with E-state index < -0.39 is 15.1 Å². The topological polar surface area (TPSA) is 83.8 Å². The van der Waals surface area contributed by atoms with Crippen LogP contribution in [0.25, 0.3) is 0 Å². The van der Waals surface area contributed by atoms with Crippen LogP contribution in [0.1, 0.15) is 0 Å². The summed E-state index contributed by atoms with van der Waals surface area (Å²) in [7, 11) is -7.78. The normalized spacial score (nSPS) is 18.0. The smallest absolute Gasteiger partial charge is 0.305 e. The lowest BCUT2D eigenvalue weighted by atomic mass is 10.2. The van der Waals surface area contributed by atoms with E-state index in [1.54, 1.807) is 0 Å². The molecule has 0 bridgehead atoms. The Morgan fingerprint density at radius 1 is 1.40 bits per heavy atom. The summed E-state index contributed by atoms with van der Waals surface area (Å²) in [5, 5.41) is 0. The molecule has 0 aliphatic heterocycles. The number of phosphoric acid groups is 1. The van der Waals surface area contributed by atoms with Gasteiger partial charge in [0.15, 0.2) is 7.25 Å². The summed E-state index contributed by atoms with van der Waals surface area (Å²) in [6.07, 6.45) is 0. The van der Waals surface area contributed by atoms with Gasteiger partial charge in [-0.05, 0) is 0 Å². The van der Waals surface area contributed by atoms with Gasteiger partial charge in [-0.25, -0.2) is 8.88 Å². The van der Waals surface area contributed by atoms with Crippen LogP contribution in [-0.2, 0) is 13.4 Å². The van der Waals surface area contributed by atoms with Crippen molar-refractivity contribution in [3.63, 3.8) is 0 Å². The molecular weight excluding hydrogens is 177 g/mol. The van der Waals surface area contributed by atoms with Crippen molar-refractivity contribution in [2.75, 3.05) is 6.66 Å². The highest BCUT2D eigenvalue weighted by Gasteiger charge is 2.25. The van der Waals surface area contributed by atoms with Crippen LogP contribution in [0.5, 0.6) is 0 Å². The van der Waals surface area contributed by atoms with Gasteiger partial charge in [0, 0.05) is 6.66 Å². The van der Waals surface area contributed by atoms with E-state index in [1.165, 1.54) is 6.82 Å². The highest BCUT2D eigenvalue weighted by Crippen LogP contribution is 2.55. The van der Waals surface area contributed by atoms with Crippen LogP contribution < -0.4 is 0 Å². The SMILES string of the molecule is C[B]P(C)(=O)OP(=O)(O)O. The minimum Gasteiger partial charge on any atom is -0.305 e. The molecule has 59 valence electrons. The van der Waals surface area contributed by atoms with Gasteiger partial charge < -0.3 is 14.4 Å². The first-order valence-electron chi connectivity index (χ1n) is 2.41. The molecular formula is C2H8BO5P2. The van der Waals surface area contributed by atoms with Crippen LogP contribution in [0.4, 0.5) is 0 Å². The Bertz CT molecular complexity index is 196. The maximum Gasteiger partial charge on any atom is 0.474 e. The van der Waals surface area contributed by atoms with Crippen molar-refractivity contribution in [1.82, 2.24) is 0 Å². The molecule has 1 unspecified atom stereocenters. The second-order valence-electron chi connectivity index (χ2n) is 1.74. The first-order chi connectivity index (χ1) is 4.27. The standard InChI is InChI=1S/C2H8BO5P2/c1-3-9(2,4)8-10(5,6)7/h1-2H3,(H2,5,6,7). The highest BCUT2D eigenvalue weighted by molar-refractivity contribution is 7.89. The van der Waals surface area contributed by atoms with Gasteiger partial charge in [0.1, 0.15) is 0 Å². The van der Waals surface area contributed by atoms with E-state index in [1.807, 2.05) is 0 Å². The van der Waals surface area contributed by atoms with E-state index in [-0.39, 0.29) is 0 Å². The molecule has 0 spiro atoms. The van der Waals surface area contributed by atoms with Crippen LogP contribution >= 0.6 is 15.1 Å². The van der Waals surface area contributed by atoms with E-state index in [0.717, 1.165) is 13.7 Å². The maximum absolute atomic E-state index is 10.8. The van der Waals surface area contributed by atoms with Gasteiger partial charge >= 0.3 is 7.82 Å². The Morgan fingerprint density at radius 2 is 1.80 bits per heavy atom. The quantitative estimate of drug-likeness (QED) is 0.498. The third-order valence-electron chi connectivity index (χ3n) is 0.738. The van der Waals surface area contributed by atoms with Crippen molar-refractivity contribution in [3.05, 3.63) is 0 Å². The fourth-order valence-corrected chi connectivity index (χ4v) is 2.33. The molecule has 2 N–H and O–H groups in total. The predicted octanol–water partition coefficient (Wildman–Crippen LogP) is 0.671. The van der Waals surface area contributed by atoms with Gasteiger partial charge in [0.05, 0.1) is 0 Å². The predicted molar refractivity (Wildman–Crippen MR) is 38.3 cm³/mol. The van der Waals surface area contributed by atoms with E-state index >= 15 is 0 Å². The van der Waals surface area contributed by atoms with Crippen molar-refractivity contribution >= 4 is 22.1 Å². The Hall–Kier alpha value is 0.405. The Kier molecular flexibility index (Phi) is 3.33. The second kappa shape index (κ2) is 3.20. The molecule has 0 rings (SSSR count). The molecule has 5 nitrogen and oxygen atoms in total. The van der Waals surface area contributed by atoms with Crippen molar-refractivity contribution in [2.45, 2.75) is 6.82 Å². The maximum atomic E-state index is 10.8. The molecule has 0 saturated heterocycles. The first-order valence-corrected chi connectivity index (χ1v) is 6.08. The molecule has 0 fully saturated rings. The number of hydrogen-bond donors (Lipinski definition) is 2. The van der Waals surface area contributed by atoms with Gasteiger partial charge in [-0.15, -0.1) is 0 Å². The fraction of sp³-hybridized carbons (Fsp3) is 1.00. The lowest BCUT2D eigenvalue weighted by Crippen LogP contribution is -1.91. The monoisotopic (exact) mass is 185 g/mol. The summed E-state index contributed by atoms with van der Waals surface area (Å²) in [4.78, 5) is 16.4.